The van der Waals surface area contributed by atoms with Gasteiger partial charge in [-0.2, -0.15) is 0 Å². The molecule has 1 N–H and O–H groups in total. The summed E-state index contributed by atoms with van der Waals surface area (Å²) in [5.74, 6) is 0.657. The van der Waals surface area contributed by atoms with Crippen molar-refractivity contribution in [3.63, 3.8) is 0 Å². The molecule has 1 aliphatic heterocycles. The zero-order valence-corrected chi connectivity index (χ0v) is 13.6. The number of benzene rings is 1. The van der Waals surface area contributed by atoms with Crippen LogP contribution in [0.4, 0.5) is 5.82 Å². The van der Waals surface area contributed by atoms with Crippen LogP contribution in [0.5, 0.6) is 0 Å². The Balaban J connectivity index is 1.85. The van der Waals surface area contributed by atoms with Crippen molar-refractivity contribution in [2.45, 2.75) is 18.3 Å². The van der Waals surface area contributed by atoms with Crippen molar-refractivity contribution in [3.05, 3.63) is 52.4 Å². The highest BCUT2D eigenvalue weighted by Gasteiger charge is 2.34. The van der Waals surface area contributed by atoms with E-state index in [1.807, 2.05) is 18.2 Å². The maximum atomic E-state index is 6.18. The molecule has 0 saturated carbocycles. The molecule has 0 amide bonds. The van der Waals surface area contributed by atoms with Gasteiger partial charge in [-0.05, 0) is 30.5 Å². The van der Waals surface area contributed by atoms with Gasteiger partial charge < -0.3 is 10.1 Å². The number of anilines is 1. The van der Waals surface area contributed by atoms with Gasteiger partial charge in [0.1, 0.15) is 17.2 Å². The lowest BCUT2D eigenvalue weighted by molar-refractivity contribution is 0.0543. The minimum absolute atomic E-state index is 0.0303. The molecule has 6 heteroatoms. The predicted octanol–water partition coefficient (Wildman–Crippen LogP) is 3.94. The van der Waals surface area contributed by atoms with Crippen LogP contribution < -0.4 is 5.32 Å². The smallest absolute Gasteiger partial charge is 0.148 e. The molecule has 1 aromatic carbocycles. The van der Waals surface area contributed by atoms with E-state index >= 15 is 0 Å². The van der Waals surface area contributed by atoms with Gasteiger partial charge in [-0.1, -0.05) is 35.3 Å². The average Bonchev–Trinajstić information content (AvgIpc) is 2.55. The SMILES string of the molecule is Clc1cccc(C2(CNc3ncncc3Cl)CCOCC2)c1. The van der Waals surface area contributed by atoms with E-state index in [0.29, 0.717) is 10.8 Å². The van der Waals surface area contributed by atoms with Crippen molar-refractivity contribution >= 4 is 29.0 Å². The Bertz CT molecular complexity index is 645. The number of rotatable bonds is 4. The summed E-state index contributed by atoms with van der Waals surface area (Å²) in [6, 6.07) is 8.05. The number of nitrogens with one attached hydrogen (secondary N) is 1. The maximum Gasteiger partial charge on any atom is 0.148 e. The first kappa shape index (κ1) is 15.5. The third kappa shape index (κ3) is 3.35. The molecule has 1 fully saturated rings. The zero-order valence-electron chi connectivity index (χ0n) is 12.1. The number of nitrogens with zero attached hydrogens (tertiary/aromatic N) is 2. The number of hydrogen-bond donors (Lipinski definition) is 1. The van der Waals surface area contributed by atoms with Gasteiger partial charge in [0.15, 0.2) is 0 Å². The highest BCUT2D eigenvalue weighted by Crippen LogP contribution is 2.36. The van der Waals surface area contributed by atoms with Gasteiger partial charge in [-0.3, -0.25) is 0 Å². The normalized spacial score (nSPS) is 17.2. The summed E-state index contributed by atoms with van der Waals surface area (Å²) in [5.41, 5.74) is 1.19. The number of ether oxygens (including phenoxy) is 1. The maximum absolute atomic E-state index is 6.18. The molecule has 1 saturated heterocycles. The van der Waals surface area contributed by atoms with Crippen molar-refractivity contribution in [1.29, 1.82) is 0 Å². The summed E-state index contributed by atoms with van der Waals surface area (Å²) in [5, 5.41) is 4.64. The van der Waals surface area contributed by atoms with E-state index in [-0.39, 0.29) is 5.41 Å². The Morgan fingerprint density at radius 1 is 1.23 bits per heavy atom. The molecule has 0 spiro atoms. The third-order valence-corrected chi connectivity index (χ3v) is 4.66. The van der Waals surface area contributed by atoms with Gasteiger partial charge >= 0.3 is 0 Å². The second kappa shape index (κ2) is 6.82. The molecule has 4 nitrogen and oxygen atoms in total. The summed E-state index contributed by atoms with van der Waals surface area (Å²) < 4.78 is 5.54. The quantitative estimate of drug-likeness (QED) is 0.917. The first-order valence-electron chi connectivity index (χ1n) is 7.23. The van der Waals surface area contributed by atoms with Gasteiger partial charge in [0, 0.05) is 30.2 Å². The van der Waals surface area contributed by atoms with E-state index in [4.69, 9.17) is 27.9 Å². The Kier molecular flexibility index (Phi) is 4.81. The monoisotopic (exact) mass is 337 g/mol. The largest absolute Gasteiger partial charge is 0.381 e. The van der Waals surface area contributed by atoms with Crippen LogP contribution in [0, 0.1) is 0 Å². The third-order valence-electron chi connectivity index (χ3n) is 4.15. The van der Waals surface area contributed by atoms with E-state index in [9.17, 15) is 0 Å². The van der Waals surface area contributed by atoms with Crippen LogP contribution in [0.3, 0.4) is 0 Å². The first-order chi connectivity index (χ1) is 10.7. The van der Waals surface area contributed by atoms with Gasteiger partial charge in [0.05, 0.1) is 6.20 Å². The summed E-state index contributed by atoms with van der Waals surface area (Å²) in [6.07, 6.45) is 4.95. The molecule has 2 heterocycles. The van der Waals surface area contributed by atoms with Crippen LogP contribution in [0.1, 0.15) is 18.4 Å². The number of hydrogen-bond acceptors (Lipinski definition) is 4. The first-order valence-corrected chi connectivity index (χ1v) is 7.98. The molecule has 1 aliphatic rings. The van der Waals surface area contributed by atoms with Crippen molar-refractivity contribution in [3.8, 4) is 0 Å². The second-order valence-corrected chi connectivity index (χ2v) is 6.32. The topological polar surface area (TPSA) is 47.0 Å². The number of aromatic nitrogens is 2. The van der Waals surface area contributed by atoms with Crippen molar-refractivity contribution in [2.24, 2.45) is 0 Å². The summed E-state index contributed by atoms with van der Waals surface area (Å²) in [4.78, 5) is 8.10. The lowest BCUT2D eigenvalue weighted by Gasteiger charge is -2.38. The van der Waals surface area contributed by atoms with E-state index in [2.05, 4.69) is 21.4 Å². The molecule has 116 valence electrons. The van der Waals surface area contributed by atoms with Crippen LogP contribution in [0.15, 0.2) is 36.8 Å². The fourth-order valence-corrected chi connectivity index (χ4v) is 3.21. The van der Waals surface area contributed by atoms with E-state index < -0.39 is 0 Å². The Labute approximate surface area is 139 Å². The highest BCUT2D eigenvalue weighted by atomic mass is 35.5. The molecule has 0 atom stereocenters. The van der Waals surface area contributed by atoms with Crippen LogP contribution in [0.2, 0.25) is 10.0 Å². The fourth-order valence-electron chi connectivity index (χ4n) is 2.84. The van der Waals surface area contributed by atoms with Crippen molar-refractivity contribution in [2.75, 3.05) is 25.1 Å². The molecule has 0 aliphatic carbocycles. The van der Waals surface area contributed by atoms with Crippen LogP contribution in [-0.2, 0) is 10.2 Å². The van der Waals surface area contributed by atoms with E-state index in [1.165, 1.54) is 11.9 Å². The van der Waals surface area contributed by atoms with Crippen molar-refractivity contribution in [1.82, 2.24) is 9.97 Å². The fraction of sp³-hybridized carbons (Fsp3) is 0.375. The molecular formula is C16H17Cl2N3O. The Morgan fingerprint density at radius 3 is 2.77 bits per heavy atom. The molecule has 3 rings (SSSR count). The number of halogens is 2. The lowest BCUT2D eigenvalue weighted by Crippen LogP contribution is -2.40. The van der Waals surface area contributed by atoms with Gasteiger partial charge in [-0.25, -0.2) is 9.97 Å². The highest BCUT2D eigenvalue weighted by molar-refractivity contribution is 6.32. The molecule has 2 aromatic rings. The van der Waals surface area contributed by atoms with Crippen LogP contribution >= 0.6 is 23.2 Å². The van der Waals surface area contributed by atoms with Crippen LogP contribution in [0.25, 0.3) is 0 Å². The van der Waals surface area contributed by atoms with Gasteiger partial charge in [0.2, 0.25) is 0 Å². The van der Waals surface area contributed by atoms with Crippen molar-refractivity contribution < 1.29 is 4.74 Å². The molecule has 1 aromatic heterocycles. The molecule has 0 radical (unpaired) electrons. The van der Waals surface area contributed by atoms with E-state index in [0.717, 1.165) is 37.6 Å². The van der Waals surface area contributed by atoms with Gasteiger partial charge in [-0.15, -0.1) is 0 Å². The molecule has 0 unspecified atom stereocenters. The lowest BCUT2D eigenvalue weighted by atomic mass is 9.74. The minimum Gasteiger partial charge on any atom is -0.381 e. The second-order valence-electron chi connectivity index (χ2n) is 5.48. The molecule has 0 bridgehead atoms. The zero-order chi connectivity index (χ0) is 15.4. The van der Waals surface area contributed by atoms with E-state index in [1.54, 1.807) is 6.20 Å². The van der Waals surface area contributed by atoms with Crippen LogP contribution in [-0.4, -0.2) is 29.7 Å². The van der Waals surface area contributed by atoms with Gasteiger partial charge in [0.25, 0.3) is 0 Å². The Hall–Kier alpha value is -1.36. The predicted molar refractivity (Wildman–Crippen MR) is 88.7 cm³/mol. The molecular weight excluding hydrogens is 321 g/mol. The summed E-state index contributed by atoms with van der Waals surface area (Å²) in [6.45, 7) is 2.21. The minimum atomic E-state index is -0.0303. The summed E-state index contributed by atoms with van der Waals surface area (Å²) >= 11 is 12.3. The summed E-state index contributed by atoms with van der Waals surface area (Å²) in [7, 11) is 0. The standard InChI is InChI=1S/C16H17Cl2N3O/c17-13-3-1-2-12(8-13)16(4-6-22-7-5-16)10-20-15-14(18)9-19-11-21-15/h1-3,8-9,11H,4-7,10H2,(H,19,20,21). The Morgan fingerprint density at radius 2 is 2.05 bits per heavy atom. The molecule has 22 heavy (non-hydrogen) atoms. The average molecular weight is 338 g/mol.